The van der Waals surface area contributed by atoms with Gasteiger partial charge < -0.3 is 38.6 Å². The fourth-order valence-corrected chi connectivity index (χ4v) is 0. The minimum atomic E-state index is -0.417. The summed E-state index contributed by atoms with van der Waals surface area (Å²) >= 11 is 0. The molecular weight excluding hydrogens is 383 g/mol. The summed E-state index contributed by atoms with van der Waals surface area (Å²) in [6, 6.07) is 0. The van der Waals surface area contributed by atoms with Crippen LogP contribution in [0.5, 0.6) is 0 Å². The molecule has 1 nitrogen and oxygen atoms in total. The van der Waals surface area contributed by atoms with Gasteiger partial charge in [-0.15, -0.1) is 0 Å². The number of nitrogens with zero attached hydrogens (tertiary/aromatic N) is 1. The van der Waals surface area contributed by atoms with Crippen molar-refractivity contribution in [3.05, 3.63) is 28.2 Å². The summed E-state index contributed by atoms with van der Waals surface area (Å²) in [5, 5.41) is 0. The van der Waals surface area contributed by atoms with Gasteiger partial charge in [-0.1, -0.05) is 7.43 Å². The Hall–Kier alpha value is 1.75. The minimum Gasteiger partial charge on any atom is -0.389 e. The van der Waals surface area contributed by atoms with Crippen LogP contribution in [0, 0.1) is 28.2 Å². The van der Waals surface area contributed by atoms with E-state index < -0.39 is 5.54 Å². The smallest absolute Gasteiger partial charge is 0.389 e. The van der Waals surface area contributed by atoms with Crippen LogP contribution in [0.15, 0.2) is 0 Å². The van der Waals surface area contributed by atoms with Crippen molar-refractivity contribution in [2.24, 2.45) is 0 Å². The molecule has 0 aromatic heterocycles. The van der Waals surface area contributed by atoms with Gasteiger partial charge in [-0.05, 0) is 14.1 Å². The number of rotatable bonds is 1. The van der Waals surface area contributed by atoms with Gasteiger partial charge in [-0.25, -0.2) is 0 Å². The topological polar surface area (TPSA) is 3.24 Å². The summed E-state index contributed by atoms with van der Waals surface area (Å²) in [4.78, 5) is 1.85. The van der Waals surface area contributed by atoms with Crippen LogP contribution < -0.4 is 0 Å². The Balaban J connectivity index is -0.0000000300. The normalized spacial score (nSPS) is 8.18. The first kappa shape index (κ1) is 29.3. The van der Waals surface area contributed by atoms with E-state index in [1.165, 1.54) is 0 Å². The summed E-state index contributed by atoms with van der Waals surface area (Å²) in [6.07, 6.45) is 0. The Kier molecular flexibility index (Phi) is 31.3. The van der Waals surface area contributed by atoms with Gasteiger partial charge in [-0.2, -0.15) is 0 Å². The molecule has 0 rings (SSSR count). The summed E-state index contributed by atoms with van der Waals surface area (Å²) in [5.74, 6) is 0. The zero-order chi connectivity index (χ0) is 6.08. The first-order valence-electron chi connectivity index (χ1n) is 2.18. The van der Waals surface area contributed by atoms with Crippen molar-refractivity contribution in [2.75, 3.05) is 14.1 Å². The molecule has 0 aromatic rings. The van der Waals surface area contributed by atoms with Gasteiger partial charge in [0.1, 0.15) is 0 Å². The Morgan fingerprint density at radius 2 is 1.18 bits per heavy atom. The largest absolute Gasteiger partial charge is 2.00 e. The van der Waals surface area contributed by atoms with Crippen molar-refractivity contribution in [3.8, 4) is 0 Å². The molecule has 0 amide bonds. The van der Waals surface area contributed by atoms with Gasteiger partial charge >= 0.3 is 21.1 Å². The number of hydrogen-bond acceptors (Lipinski definition) is 1. The molecule has 0 unspecified atom stereocenters. The summed E-state index contributed by atoms with van der Waals surface area (Å²) < 4.78 is 0. The maximum atomic E-state index is 3.67. The first-order chi connectivity index (χ1) is 2.94. The molecule has 0 saturated heterocycles. The molecule has 1 radical (unpaired) electrons. The predicted molar refractivity (Wildman–Crippen MR) is 45.6 cm³/mol. The quantitative estimate of drug-likeness (QED) is 0.606. The van der Waals surface area contributed by atoms with E-state index in [2.05, 4.69) is 20.8 Å². The molecular formula is C8H19NWY-2. The van der Waals surface area contributed by atoms with Crippen LogP contribution in [0.2, 0.25) is 0 Å². The third-order valence-corrected chi connectivity index (χ3v) is 0.949. The SMILES string of the molecule is C.[CH2-]C([CH2-])([CH2-])N(C)C.[CH3-].[W+2].[Y]. The van der Waals surface area contributed by atoms with Gasteiger partial charge in [0.05, 0.1) is 0 Å². The van der Waals surface area contributed by atoms with Crippen LogP contribution in [0.25, 0.3) is 0 Å². The maximum Gasteiger partial charge on any atom is 2.00 e. The molecule has 0 N–H and O–H groups in total. The fraction of sp³-hybridized carbons (Fsp3) is 0.500. The molecule has 0 heterocycles. The van der Waals surface area contributed by atoms with E-state index >= 15 is 0 Å². The molecule has 3 heteroatoms. The van der Waals surface area contributed by atoms with Crippen molar-refractivity contribution in [1.82, 2.24) is 4.90 Å². The Morgan fingerprint density at radius 1 is 1.09 bits per heavy atom. The molecule has 0 fully saturated rings. The van der Waals surface area contributed by atoms with Crippen molar-refractivity contribution >= 4 is 0 Å². The van der Waals surface area contributed by atoms with Crippen molar-refractivity contribution in [2.45, 2.75) is 13.0 Å². The van der Waals surface area contributed by atoms with E-state index in [0.717, 1.165) is 0 Å². The summed E-state index contributed by atoms with van der Waals surface area (Å²) in [7, 11) is 3.79. The van der Waals surface area contributed by atoms with E-state index in [4.69, 9.17) is 0 Å². The molecule has 0 aromatic carbocycles. The second-order valence-electron chi connectivity index (χ2n) is 2.12. The molecule has 0 spiro atoms. The van der Waals surface area contributed by atoms with Crippen LogP contribution in [0.3, 0.4) is 0 Å². The predicted octanol–water partition coefficient (Wildman–Crippen LogP) is 1.87. The molecule has 0 bridgehead atoms. The first-order valence-corrected chi connectivity index (χ1v) is 2.18. The van der Waals surface area contributed by atoms with Crippen LogP contribution in [-0.2, 0) is 53.8 Å². The number of hydrogen-bond donors (Lipinski definition) is 0. The van der Waals surface area contributed by atoms with Crippen LogP contribution in [0.1, 0.15) is 7.43 Å². The average Bonchev–Trinajstić information content (AvgIpc) is 1.31. The molecule has 0 atom stereocenters. The van der Waals surface area contributed by atoms with E-state index in [9.17, 15) is 0 Å². The van der Waals surface area contributed by atoms with Gasteiger partial charge in [0.15, 0.2) is 0 Å². The molecule has 0 aliphatic heterocycles. The second-order valence-corrected chi connectivity index (χ2v) is 2.12. The molecule has 0 aliphatic carbocycles. The Labute approximate surface area is 113 Å². The van der Waals surface area contributed by atoms with Gasteiger partial charge in [0, 0.05) is 32.7 Å². The van der Waals surface area contributed by atoms with Crippen LogP contribution in [0.4, 0.5) is 0 Å². The Bertz CT molecular complexity index is 59.6. The zero-order valence-electron chi connectivity index (χ0n) is 7.05. The second kappa shape index (κ2) is 11.8. The molecule has 11 heavy (non-hydrogen) atoms. The van der Waals surface area contributed by atoms with Crippen LogP contribution in [-0.4, -0.2) is 24.5 Å². The third kappa shape index (κ3) is 18.6. The van der Waals surface area contributed by atoms with Gasteiger partial charge in [0.25, 0.3) is 0 Å². The van der Waals surface area contributed by atoms with E-state index in [0.29, 0.717) is 0 Å². The summed E-state index contributed by atoms with van der Waals surface area (Å²) in [6.45, 7) is 11.0. The van der Waals surface area contributed by atoms with E-state index in [1.54, 1.807) is 0 Å². The van der Waals surface area contributed by atoms with Crippen molar-refractivity contribution < 1.29 is 53.8 Å². The zero-order valence-corrected chi connectivity index (χ0v) is 12.8. The van der Waals surface area contributed by atoms with Gasteiger partial charge in [-0.3, -0.25) is 0 Å². The minimum absolute atomic E-state index is 0. The molecule has 0 aliphatic rings. The van der Waals surface area contributed by atoms with Crippen molar-refractivity contribution in [3.63, 3.8) is 0 Å². The third-order valence-electron chi connectivity index (χ3n) is 0.949. The van der Waals surface area contributed by atoms with E-state index in [-0.39, 0.29) is 68.6 Å². The molecule has 67 valence electrons. The molecule has 0 saturated carbocycles. The summed E-state index contributed by atoms with van der Waals surface area (Å²) in [5.41, 5.74) is -0.417. The van der Waals surface area contributed by atoms with Crippen molar-refractivity contribution in [1.29, 1.82) is 0 Å². The maximum absolute atomic E-state index is 3.67. The van der Waals surface area contributed by atoms with E-state index in [1.807, 2.05) is 19.0 Å². The standard InChI is InChI=1S/C6H12N.CH4.CH3.W.Y/c1-6(2,3)7(4)5;;;;/h1-3H2,4-5H3;1H4;1H3;;/q-3;;-1;+2;. The monoisotopic (exact) mass is 402 g/mol. The average molecular weight is 402 g/mol. The Morgan fingerprint density at radius 3 is 1.18 bits per heavy atom. The fourth-order valence-electron chi connectivity index (χ4n) is 0. The van der Waals surface area contributed by atoms with Gasteiger partial charge in [0.2, 0.25) is 0 Å². The van der Waals surface area contributed by atoms with Crippen LogP contribution >= 0.6 is 0 Å².